The molecule has 3 nitrogen and oxygen atoms in total. The normalized spacial score (nSPS) is 15.7. The minimum Gasteiger partial charge on any atom is -0.326 e. The number of nitrogens with zero attached hydrogens (tertiary/aromatic N) is 2. The lowest BCUT2D eigenvalue weighted by molar-refractivity contribution is -0.156. The third-order valence-electron chi connectivity index (χ3n) is 3.31. The molecule has 0 aromatic carbocycles. The van der Waals surface area contributed by atoms with Gasteiger partial charge in [-0.3, -0.25) is 9.88 Å². The molecular formula is C14H22F3N3. The molecule has 1 rings (SSSR count). The molecule has 1 aromatic heterocycles. The van der Waals surface area contributed by atoms with Crippen molar-refractivity contribution in [1.82, 2.24) is 9.88 Å². The summed E-state index contributed by atoms with van der Waals surface area (Å²) in [6.07, 6.45) is -0.481. The van der Waals surface area contributed by atoms with Crippen molar-refractivity contribution < 1.29 is 13.2 Å². The molecule has 0 saturated heterocycles. The highest BCUT2D eigenvalue weighted by Crippen LogP contribution is 2.30. The van der Waals surface area contributed by atoms with E-state index in [2.05, 4.69) is 4.98 Å². The first-order chi connectivity index (χ1) is 9.26. The SMILES string of the molecule is CCC(N)C(c1ccncc1)N(CC(F)(F)F)C(C)C. The number of alkyl halides is 3. The van der Waals surface area contributed by atoms with Gasteiger partial charge in [-0.15, -0.1) is 0 Å². The monoisotopic (exact) mass is 289 g/mol. The van der Waals surface area contributed by atoms with E-state index in [1.165, 1.54) is 4.90 Å². The van der Waals surface area contributed by atoms with E-state index in [4.69, 9.17) is 5.73 Å². The van der Waals surface area contributed by atoms with Gasteiger partial charge in [0.1, 0.15) is 0 Å². The number of nitrogens with two attached hydrogens (primary N) is 1. The predicted molar refractivity (Wildman–Crippen MR) is 73.1 cm³/mol. The zero-order chi connectivity index (χ0) is 15.3. The zero-order valence-corrected chi connectivity index (χ0v) is 12.1. The summed E-state index contributed by atoms with van der Waals surface area (Å²) in [6.45, 7) is 4.42. The molecule has 0 amide bonds. The summed E-state index contributed by atoms with van der Waals surface area (Å²) in [7, 11) is 0. The number of rotatable bonds is 6. The molecule has 0 saturated carbocycles. The Labute approximate surface area is 118 Å². The van der Waals surface area contributed by atoms with Gasteiger partial charge in [0.25, 0.3) is 0 Å². The summed E-state index contributed by atoms with van der Waals surface area (Å²) in [5.41, 5.74) is 6.85. The largest absolute Gasteiger partial charge is 0.401 e. The van der Waals surface area contributed by atoms with Gasteiger partial charge in [0.05, 0.1) is 12.6 Å². The third kappa shape index (κ3) is 4.76. The van der Waals surface area contributed by atoms with Crippen molar-refractivity contribution in [3.63, 3.8) is 0 Å². The molecular weight excluding hydrogens is 267 g/mol. The second kappa shape index (κ2) is 7.04. The van der Waals surface area contributed by atoms with E-state index >= 15 is 0 Å². The van der Waals surface area contributed by atoms with Crippen LogP contribution in [0, 0.1) is 0 Å². The first-order valence-corrected chi connectivity index (χ1v) is 6.74. The summed E-state index contributed by atoms with van der Waals surface area (Å²) in [5.74, 6) is 0. The third-order valence-corrected chi connectivity index (χ3v) is 3.31. The van der Waals surface area contributed by atoms with Crippen LogP contribution in [0.2, 0.25) is 0 Å². The zero-order valence-electron chi connectivity index (χ0n) is 12.1. The van der Waals surface area contributed by atoms with Gasteiger partial charge in [0, 0.05) is 24.5 Å². The lowest BCUT2D eigenvalue weighted by Gasteiger charge is -2.38. The van der Waals surface area contributed by atoms with Gasteiger partial charge in [-0.05, 0) is 38.0 Å². The summed E-state index contributed by atoms with van der Waals surface area (Å²) in [6, 6.07) is 2.37. The van der Waals surface area contributed by atoms with Crippen LogP contribution in [0.4, 0.5) is 13.2 Å². The molecule has 2 atom stereocenters. The van der Waals surface area contributed by atoms with Crippen molar-refractivity contribution >= 4 is 0 Å². The van der Waals surface area contributed by atoms with Crippen molar-refractivity contribution in [3.05, 3.63) is 30.1 Å². The molecule has 0 radical (unpaired) electrons. The molecule has 20 heavy (non-hydrogen) atoms. The molecule has 6 heteroatoms. The first-order valence-electron chi connectivity index (χ1n) is 6.74. The summed E-state index contributed by atoms with van der Waals surface area (Å²) in [4.78, 5) is 5.32. The number of aromatic nitrogens is 1. The van der Waals surface area contributed by atoms with E-state index in [0.29, 0.717) is 6.42 Å². The molecule has 2 unspecified atom stereocenters. The molecule has 2 N–H and O–H groups in total. The van der Waals surface area contributed by atoms with Gasteiger partial charge in [0.15, 0.2) is 0 Å². The lowest BCUT2D eigenvalue weighted by Crippen LogP contribution is -2.48. The summed E-state index contributed by atoms with van der Waals surface area (Å²) >= 11 is 0. The quantitative estimate of drug-likeness (QED) is 0.875. The Balaban J connectivity index is 3.12. The van der Waals surface area contributed by atoms with Gasteiger partial charge in [-0.25, -0.2) is 0 Å². The van der Waals surface area contributed by atoms with Crippen molar-refractivity contribution in [2.24, 2.45) is 5.73 Å². The minimum atomic E-state index is -4.25. The van der Waals surface area contributed by atoms with Crippen LogP contribution in [0.1, 0.15) is 38.8 Å². The molecule has 0 fully saturated rings. The highest BCUT2D eigenvalue weighted by Gasteiger charge is 2.37. The molecule has 0 spiro atoms. The van der Waals surface area contributed by atoms with E-state index in [1.807, 2.05) is 6.92 Å². The van der Waals surface area contributed by atoms with Gasteiger partial charge in [-0.1, -0.05) is 6.92 Å². The first kappa shape index (κ1) is 16.9. The van der Waals surface area contributed by atoms with Crippen molar-refractivity contribution in [2.75, 3.05) is 6.54 Å². The van der Waals surface area contributed by atoms with Crippen LogP contribution in [-0.4, -0.2) is 34.7 Å². The molecule has 0 bridgehead atoms. The second-order valence-electron chi connectivity index (χ2n) is 5.18. The fourth-order valence-electron chi connectivity index (χ4n) is 2.28. The predicted octanol–water partition coefficient (Wildman–Crippen LogP) is 3.13. The maximum atomic E-state index is 12.8. The number of pyridine rings is 1. The van der Waals surface area contributed by atoms with E-state index in [9.17, 15) is 13.2 Å². The topological polar surface area (TPSA) is 42.1 Å². The maximum Gasteiger partial charge on any atom is 0.401 e. The van der Waals surface area contributed by atoms with Crippen LogP contribution >= 0.6 is 0 Å². The van der Waals surface area contributed by atoms with Crippen LogP contribution < -0.4 is 5.73 Å². The van der Waals surface area contributed by atoms with Gasteiger partial charge in [0.2, 0.25) is 0 Å². The van der Waals surface area contributed by atoms with E-state index < -0.39 is 18.8 Å². The average Bonchev–Trinajstić information content (AvgIpc) is 2.37. The van der Waals surface area contributed by atoms with E-state index in [1.54, 1.807) is 38.4 Å². The number of hydrogen-bond donors (Lipinski definition) is 1. The highest BCUT2D eigenvalue weighted by atomic mass is 19.4. The van der Waals surface area contributed by atoms with Crippen molar-refractivity contribution in [3.8, 4) is 0 Å². The van der Waals surface area contributed by atoms with Crippen LogP contribution in [-0.2, 0) is 0 Å². The Bertz CT molecular complexity index is 392. The molecule has 0 aliphatic heterocycles. The molecule has 1 heterocycles. The fourth-order valence-corrected chi connectivity index (χ4v) is 2.28. The Morgan fingerprint density at radius 1 is 1.25 bits per heavy atom. The summed E-state index contributed by atoms with van der Waals surface area (Å²) < 4.78 is 38.4. The Morgan fingerprint density at radius 2 is 1.80 bits per heavy atom. The standard InChI is InChI=1S/C14H22F3N3/c1-4-12(18)13(11-5-7-19-8-6-11)20(10(2)3)9-14(15,16)17/h5-8,10,12-13H,4,9,18H2,1-3H3. The summed E-state index contributed by atoms with van der Waals surface area (Å²) in [5, 5.41) is 0. The number of halogens is 3. The maximum absolute atomic E-state index is 12.8. The van der Waals surface area contributed by atoms with E-state index in [0.717, 1.165) is 5.56 Å². The Kier molecular flexibility index (Phi) is 5.95. The van der Waals surface area contributed by atoms with Crippen molar-refractivity contribution in [1.29, 1.82) is 0 Å². The van der Waals surface area contributed by atoms with Crippen LogP contribution in [0.5, 0.6) is 0 Å². The van der Waals surface area contributed by atoms with E-state index in [-0.39, 0.29) is 12.1 Å². The Morgan fingerprint density at radius 3 is 2.20 bits per heavy atom. The number of hydrogen-bond acceptors (Lipinski definition) is 3. The molecule has 114 valence electrons. The van der Waals surface area contributed by atoms with Crippen molar-refractivity contribution in [2.45, 2.75) is 51.5 Å². The van der Waals surface area contributed by atoms with Gasteiger partial charge in [-0.2, -0.15) is 13.2 Å². The van der Waals surface area contributed by atoms with Gasteiger partial charge < -0.3 is 5.73 Å². The van der Waals surface area contributed by atoms with Gasteiger partial charge >= 0.3 is 6.18 Å². The molecule has 1 aromatic rings. The van der Waals surface area contributed by atoms with Crippen LogP contribution in [0.25, 0.3) is 0 Å². The van der Waals surface area contributed by atoms with Crippen LogP contribution in [0.3, 0.4) is 0 Å². The fraction of sp³-hybridized carbons (Fsp3) is 0.643. The Hall–Kier alpha value is -1.14. The highest BCUT2D eigenvalue weighted by molar-refractivity contribution is 5.17. The lowest BCUT2D eigenvalue weighted by atomic mass is 9.96. The molecule has 0 aliphatic carbocycles. The average molecular weight is 289 g/mol. The molecule has 0 aliphatic rings. The second-order valence-corrected chi connectivity index (χ2v) is 5.18. The smallest absolute Gasteiger partial charge is 0.326 e. The van der Waals surface area contributed by atoms with Crippen LogP contribution in [0.15, 0.2) is 24.5 Å². The minimum absolute atomic E-state index is 0.257.